The van der Waals surface area contributed by atoms with E-state index in [-0.39, 0.29) is 25.6 Å². The van der Waals surface area contributed by atoms with Gasteiger partial charge in [-0.05, 0) is 83.5 Å². The minimum atomic E-state index is -1.71. The Kier molecular flexibility index (Phi) is 45.1. The fraction of sp³-hybridized carbons (Fsp3) is 0.794. The van der Waals surface area contributed by atoms with Crippen molar-refractivity contribution < 1.29 is 69.0 Å². The first-order valence-corrected chi connectivity index (χ1v) is 30.5. The topological polar surface area (TPSA) is 214 Å². The summed E-state index contributed by atoms with van der Waals surface area (Å²) in [6, 6.07) is 0. The molecule has 0 aromatic rings. The van der Waals surface area contributed by atoms with E-state index >= 15 is 0 Å². The fourth-order valence-corrected chi connectivity index (χ4v) is 9.31. The van der Waals surface area contributed by atoms with Gasteiger partial charge < -0.3 is 64.2 Å². The van der Waals surface area contributed by atoms with E-state index in [0.717, 1.165) is 89.9 Å². The first-order chi connectivity index (χ1) is 37.6. The highest BCUT2D eigenvalue weighted by Gasteiger charge is 2.47. The molecule has 0 aromatic heterocycles. The molecule has 7 N–H and O–H groups in total. The molecule has 11 atom stereocenters. The maximum atomic E-state index is 13.1. The van der Waals surface area contributed by atoms with Crippen LogP contribution in [0.3, 0.4) is 0 Å². The van der Waals surface area contributed by atoms with Gasteiger partial charge >= 0.3 is 5.97 Å². The van der Waals surface area contributed by atoms with Crippen molar-refractivity contribution in [2.24, 2.45) is 0 Å². The predicted octanol–water partition coefficient (Wildman–Crippen LogP) is 11.4. The van der Waals surface area contributed by atoms with Gasteiger partial charge in [-0.1, -0.05) is 202 Å². The summed E-state index contributed by atoms with van der Waals surface area (Å²) >= 11 is 0. The highest BCUT2D eigenvalue weighted by Crippen LogP contribution is 2.27. The van der Waals surface area contributed by atoms with Crippen LogP contribution in [-0.4, -0.2) is 142 Å². The molecule has 0 aromatic carbocycles. The number of carbonyl (C=O) groups is 1. The third kappa shape index (κ3) is 35.7. The summed E-state index contributed by atoms with van der Waals surface area (Å²) < 4.78 is 34.4. The van der Waals surface area contributed by atoms with E-state index in [1.54, 1.807) is 0 Å². The maximum Gasteiger partial charge on any atom is 0.306 e. The van der Waals surface area contributed by atoms with Crippen molar-refractivity contribution in [1.82, 2.24) is 0 Å². The lowest BCUT2D eigenvalue weighted by Crippen LogP contribution is -2.61. The quantitative estimate of drug-likeness (QED) is 0.0172. The fourth-order valence-electron chi connectivity index (χ4n) is 9.31. The van der Waals surface area contributed by atoms with Gasteiger partial charge in [-0.3, -0.25) is 4.79 Å². The van der Waals surface area contributed by atoms with Crippen LogP contribution in [0.25, 0.3) is 0 Å². The number of rotatable bonds is 49. The Hall–Kier alpha value is -2.57. The van der Waals surface area contributed by atoms with E-state index in [1.165, 1.54) is 103 Å². The number of aliphatic hydroxyl groups is 7. The first-order valence-electron chi connectivity index (χ1n) is 30.5. The van der Waals surface area contributed by atoms with E-state index in [9.17, 15) is 40.5 Å². The third-order valence-corrected chi connectivity index (χ3v) is 14.2. The average Bonchev–Trinajstić information content (AvgIpc) is 3.43. The summed E-state index contributed by atoms with van der Waals surface area (Å²) in [5.41, 5.74) is 0. The summed E-state index contributed by atoms with van der Waals surface area (Å²) in [5, 5.41) is 72.4. The van der Waals surface area contributed by atoms with Crippen molar-refractivity contribution in [3.8, 4) is 0 Å². The largest absolute Gasteiger partial charge is 0.457 e. The predicted molar refractivity (Wildman–Crippen MR) is 307 cm³/mol. The van der Waals surface area contributed by atoms with Gasteiger partial charge in [-0.25, -0.2) is 0 Å². The van der Waals surface area contributed by atoms with Crippen molar-refractivity contribution in [2.75, 3.05) is 33.0 Å². The lowest BCUT2D eigenvalue weighted by molar-refractivity contribution is -0.332. The van der Waals surface area contributed by atoms with Gasteiger partial charge in [0.05, 0.1) is 26.4 Å². The van der Waals surface area contributed by atoms with Crippen LogP contribution in [0.2, 0.25) is 0 Å². The summed E-state index contributed by atoms with van der Waals surface area (Å²) in [6.45, 7) is 3.55. The van der Waals surface area contributed by atoms with Gasteiger partial charge in [0, 0.05) is 13.0 Å². The molecule has 0 radical (unpaired) electrons. The van der Waals surface area contributed by atoms with Gasteiger partial charge in [-0.2, -0.15) is 0 Å². The van der Waals surface area contributed by atoms with Crippen molar-refractivity contribution in [3.63, 3.8) is 0 Å². The highest BCUT2D eigenvalue weighted by molar-refractivity contribution is 5.69. The van der Waals surface area contributed by atoms with Crippen LogP contribution in [-0.2, 0) is 33.2 Å². The zero-order chi connectivity index (χ0) is 55.8. The first kappa shape index (κ1) is 70.5. The highest BCUT2D eigenvalue weighted by atomic mass is 16.7. The molecule has 14 heteroatoms. The Morgan fingerprint density at radius 1 is 0.442 bits per heavy atom. The zero-order valence-corrected chi connectivity index (χ0v) is 47.9. The van der Waals surface area contributed by atoms with E-state index in [0.29, 0.717) is 13.0 Å². The molecule has 0 aliphatic carbocycles. The zero-order valence-electron chi connectivity index (χ0n) is 47.9. The Bertz CT molecular complexity index is 1550. The molecule has 0 amide bonds. The average molecular weight is 1090 g/mol. The third-order valence-electron chi connectivity index (χ3n) is 14.2. The van der Waals surface area contributed by atoms with Crippen molar-refractivity contribution in [2.45, 2.75) is 287 Å². The van der Waals surface area contributed by atoms with Gasteiger partial charge in [0.2, 0.25) is 0 Å². The van der Waals surface area contributed by atoms with E-state index in [4.69, 9.17) is 28.4 Å². The van der Waals surface area contributed by atoms with Crippen LogP contribution in [0, 0.1) is 0 Å². The minimum Gasteiger partial charge on any atom is -0.457 e. The Labute approximate surface area is 466 Å². The van der Waals surface area contributed by atoms with Crippen LogP contribution in [0.15, 0.2) is 72.9 Å². The number of aliphatic hydroxyl groups excluding tert-OH is 7. The second kappa shape index (κ2) is 49.3. The monoisotopic (exact) mass is 1090 g/mol. The smallest absolute Gasteiger partial charge is 0.306 e. The van der Waals surface area contributed by atoms with Crippen molar-refractivity contribution in [1.29, 1.82) is 0 Å². The number of hydrogen-bond acceptors (Lipinski definition) is 14. The van der Waals surface area contributed by atoms with Gasteiger partial charge in [0.15, 0.2) is 12.6 Å². The molecule has 77 heavy (non-hydrogen) atoms. The molecule has 14 nitrogen and oxygen atoms in total. The molecule has 0 spiro atoms. The molecule has 11 unspecified atom stereocenters. The summed E-state index contributed by atoms with van der Waals surface area (Å²) in [6.07, 6.45) is 46.7. The maximum absolute atomic E-state index is 13.1. The van der Waals surface area contributed by atoms with Gasteiger partial charge in [-0.15, -0.1) is 0 Å². The molecule has 2 saturated heterocycles. The molecule has 2 heterocycles. The Balaban J connectivity index is 1.71. The summed E-state index contributed by atoms with van der Waals surface area (Å²) in [5.74, 6) is -0.384. The normalized spacial score (nSPS) is 24.8. The minimum absolute atomic E-state index is 0.0478. The number of hydrogen-bond donors (Lipinski definition) is 7. The Morgan fingerprint density at radius 3 is 1.34 bits per heavy atom. The van der Waals surface area contributed by atoms with Crippen molar-refractivity contribution >= 4 is 5.97 Å². The van der Waals surface area contributed by atoms with Crippen LogP contribution < -0.4 is 0 Å². The molecular formula is C63H110O14. The van der Waals surface area contributed by atoms with E-state index in [2.05, 4.69) is 86.8 Å². The SMILES string of the molecule is CC/C=C\C/C=C\C/C=C\C/C=C\C/C=C\CCCCCCCCOCC(COC1OC(COC2OC(CO)C(O)C(O)C2O)C(O)C(O)C1O)OC(=O)CCCCCCCCCCC/C=C\CCCCCCCCCC. The number of esters is 1. The standard InChI is InChI=1S/C63H110O14/c1-3-5-7-9-11-13-15-17-19-21-23-25-27-29-31-33-35-37-39-41-43-45-47-72-49-52(50-73-62-61(71)59(69)57(67)54(77-62)51-74-63-60(70)58(68)56(66)53(48-64)76-63)75-55(65)46-44-42-40-38-36-34-32-30-28-26-24-22-20-18-16-14-12-10-8-6-4-2/h5,7,11,13,17,19,22-25,29,31,52-54,56-64,66-71H,3-4,6,8-10,12,14-16,18,20-21,26-28,30,32-51H2,1-2H3/b7-5-,13-11-,19-17-,24-22-,25-23-,31-29-. The van der Waals surface area contributed by atoms with Crippen LogP contribution in [0.1, 0.15) is 219 Å². The number of unbranched alkanes of at least 4 members (excludes halogenated alkanes) is 23. The van der Waals surface area contributed by atoms with Crippen molar-refractivity contribution in [3.05, 3.63) is 72.9 Å². The van der Waals surface area contributed by atoms with Crippen LogP contribution >= 0.6 is 0 Å². The lowest BCUT2D eigenvalue weighted by atomic mass is 9.98. The van der Waals surface area contributed by atoms with Crippen LogP contribution in [0.4, 0.5) is 0 Å². The van der Waals surface area contributed by atoms with Gasteiger partial charge in [0.25, 0.3) is 0 Å². The molecule has 0 saturated carbocycles. The van der Waals surface area contributed by atoms with Gasteiger partial charge in [0.1, 0.15) is 54.9 Å². The van der Waals surface area contributed by atoms with E-state index < -0.39 is 80.7 Å². The second-order valence-corrected chi connectivity index (χ2v) is 21.1. The summed E-state index contributed by atoms with van der Waals surface area (Å²) in [7, 11) is 0. The molecule has 0 bridgehead atoms. The number of ether oxygens (including phenoxy) is 6. The molecule has 2 aliphatic heterocycles. The molecule has 2 fully saturated rings. The summed E-state index contributed by atoms with van der Waals surface area (Å²) in [4.78, 5) is 13.1. The Morgan fingerprint density at radius 2 is 0.844 bits per heavy atom. The number of carbonyl (C=O) groups excluding carboxylic acids is 1. The molecule has 2 aliphatic rings. The molecule has 2 rings (SSSR count). The van der Waals surface area contributed by atoms with E-state index in [1.807, 2.05) is 0 Å². The van der Waals surface area contributed by atoms with Crippen LogP contribution in [0.5, 0.6) is 0 Å². The molecule has 446 valence electrons. The second-order valence-electron chi connectivity index (χ2n) is 21.1. The number of allylic oxidation sites excluding steroid dienone is 12. The lowest BCUT2D eigenvalue weighted by Gasteiger charge is -2.42. The molecular weight excluding hydrogens is 981 g/mol.